The molecule has 0 spiro atoms. The van der Waals surface area contributed by atoms with E-state index in [2.05, 4.69) is 46.7 Å². The Morgan fingerprint density at radius 1 is 1.08 bits per heavy atom. The van der Waals surface area contributed by atoms with E-state index in [1.807, 2.05) is 37.4 Å². The third kappa shape index (κ3) is 4.64. The van der Waals surface area contributed by atoms with Crippen LogP contribution in [0.4, 0.5) is 0 Å². The van der Waals surface area contributed by atoms with Crippen LogP contribution in [0.1, 0.15) is 29.2 Å². The Labute approximate surface area is 152 Å². The second kappa shape index (κ2) is 7.90. The van der Waals surface area contributed by atoms with Gasteiger partial charge < -0.3 is 5.32 Å². The Balaban J connectivity index is 1.62. The van der Waals surface area contributed by atoms with E-state index in [4.69, 9.17) is 0 Å². The van der Waals surface area contributed by atoms with Gasteiger partial charge in [0, 0.05) is 11.5 Å². The lowest BCUT2D eigenvalue weighted by atomic mass is 10.0. The highest BCUT2D eigenvalue weighted by atomic mass is 32.1. The van der Waals surface area contributed by atoms with Crippen molar-refractivity contribution in [3.63, 3.8) is 0 Å². The van der Waals surface area contributed by atoms with Gasteiger partial charge >= 0.3 is 0 Å². The minimum atomic E-state index is -0.120. The first-order valence-corrected chi connectivity index (χ1v) is 9.06. The molecule has 0 bridgehead atoms. The molecule has 0 fully saturated rings. The maximum absolute atomic E-state index is 12.1. The van der Waals surface area contributed by atoms with E-state index in [0.717, 1.165) is 16.3 Å². The summed E-state index contributed by atoms with van der Waals surface area (Å²) >= 11 is 1.57. The van der Waals surface area contributed by atoms with Crippen LogP contribution in [-0.2, 0) is 4.79 Å². The zero-order chi connectivity index (χ0) is 17.6. The van der Waals surface area contributed by atoms with E-state index in [-0.39, 0.29) is 11.9 Å². The molecule has 1 atom stereocenters. The van der Waals surface area contributed by atoms with Crippen molar-refractivity contribution in [1.82, 2.24) is 10.3 Å². The van der Waals surface area contributed by atoms with E-state index in [0.29, 0.717) is 0 Å². The average Bonchev–Trinajstić information content (AvgIpc) is 3.06. The smallest absolute Gasteiger partial charge is 0.244 e. The van der Waals surface area contributed by atoms with Crippen LogP contribution in [0, 0.1) is 6.92 Å². The van der Waals surface area contributed by atoms with Gasteiger partial charge in [-0.15, -0.1) is 11.3 Å². The predicted octanol–water partition coefficient (Wildman–Crippen LogP) is 5.01. The predicted molar refractivity (Wildman–Crippen MR) is 104 cm³/mol. The summed E-state index contributed by atoms with van der Waals surface area (Å²) in [4.78, 5) is 16.4. The van der Waals surface area contributed by atoms with Crippen LogP contribution in [0.5, 0.6) is 0 Å². The standard InChI is InChI=1S/C21H20N2OS/c1-15(22-21(24)13-12-20-14-25-16(2)23-20)17-8-10-19(11-9-17)18-6-4-3-5-7-18/h3-15H,1-2H3,(H,22,24)/b13-12-/t15-/m0/s1. The number of amides is 1. The minimum Gasteiger partial charge on any atom is -0.346 e. The van der Waals surface area contributed by atoms with E-state index < -0.39 is 0 Å². The summed E-state index contributed by atoms with van der Waals surface area (Å²) in [6.07, 6.45) is 3.27. The fourth-order valence-corrected chi connectivity index (χ4v) is 3.14. The Kier molecular flexibility index (Phi) is 5.41. The van der Waals surface area contributed by atoms with Gasteiger partial charge in [-0.05, 0) is 36.6 Å². The molecule has 0 unspecified atom stereocenters. The highest BCUT2D eigenvalue weighted by molar-refractivity contribution is 7.09. The van der Waals surface area contributed by atoms with Crippen LogP contribution < -0.4 is 5.32 Å². The highest BCUT2D eigenvalue weighted by Gasteiger charge is 2.08. The molecule has 0 aliphatic heterocycles. The van der Waals surface area contributed by atoms with Gasteiger partial charge in [0.05, 0.1) is 16.7 Å². The number of aryl methyl sites for hydroxylation is 1. The number of hydrogen-bond acceptors (Lipinski definition) is 3. The topological polar surface area (TPSA) is 42.0 Å². The van der Waals surface area contributed by atoms with Gasteiger partial charge in [-0.2, -0.15) is 0 Å². The zero-order valence-corrected chi connectivity index (χ0v) is 15.1. The molecule has 1 amide bonds. The lowest BCUT2D eigenvalue weighted by molar-refractivity contribution is -0.117. The van der Waals surface area contributed by atoms with E-state index in [1.165, 1.54) is 17.2 Å². The van der Waals surface area contributed by atoms with Crippen LogP contribution in [-0.4, -0.2) is 10.9 Å². The average molecular weight is 348 g/mol. The molecule has 126 valence electrons. The van der Waals surface area contributed by atoms with Gasteiger partial charge in [-0.25, -0.2) is 4.98 Å². The maximum atomic E-state index is 12.1. The first kappa shape index (κ1) is 17.1. The normalized spacial score (nSPS) is 12.2. The van der Waals surface area contributed by atoms with Crippen molar-refractivity contribution in [2.24, 2.45) is 0 Å². The number of nitrogens with zero attached hydrogens (tertiary/aromatic N) is 1. The Hall–Kier alpha value is -2.72. The molecule has 3 nitrogen and oxygen atoms in total. The molecular weight excluding hydrogens is 328 g/mol. The molecule has 4 heteroatoms. The highest BCUT2D eigenvalue weighted by Crippen LogP contribution is 2.21. The largest absolute Gasteiger partial charge is 0.346 e. The molecule has 1 heterocycles. The summed E-state index contributed by atoms with van der Waals surface area (Å²) in [7, 11) is 0. The number of carbonyl (C=O) groups is 1. The summed E-state index contributed by atoms with van der Waals surface area (Å²) in [5.41, 5.74) is 4.25. The molecule has 0 aliphatic rings. The van der Waals surface area contributed by atoms with Gasteiger partial charge in [0.1, 0.15) is 0 Å². The third-order valence-corrected chi connectivity index (χ3v) is 4.71. The van der Waals surface area contributed by atoms with Crippen LogP contribution in [0.25, 0.3) is 17.2 Å². The van der Waals surface area contributed by atoms with E-state index >= 15 is 0 Å². The second-order valence-electron chi connectivity index (χ2n) is 5.84. The molecule has 1 aromatic heterocycles. The number of benzene rings is 2. The first-order chi connectivity index (χ1) is 12.1. The fraction of sp³-hybridized carbons (Fsp3) is 0.143. The number of rotatable bonds is 5. The van der Waals surface area contributed by atoms with Crippen molar-refractivity contribution in [3.8, 4) is 11.1 Å². The van der Waals surface area contributed by atoms with Gasteiger partial charge in [0.25, 0.3) is 0 Å². The van der Waals surface area contributed by atoms with Crippen LogP contribution >= 0.6 is 11.3 Å². The molecule has 0 saturated heterocycles. The number of carbonyl (C=O) groups excluding carboxylic acids is 1. The number of nitrogens with one attached hydrogen (secondary N) is 1. The lowest BCUT2D eigenvalue weighted by Crippen LogP contribution is -2.24. The van der Waals surface area contributed by atoms with Crippen molar-refractivity contribution in [2.75, 3.05) is 0 Å². The molecule has 0 saturated carbocycles. The molecule has 0 radical (unpaired) electrons. The molecule has 2 aromatic carbocycles. The molecule has 3 rings (SSSR count). The Morgan fingerprint density at radius 3 is 2.40 bits per heavy atom. The molecule has 0 aliphatic carbocycles. The van der Waals surface area contributed by atoms with Gasteiger partial charge in [-0.3, -0.25) is 4.79 Å². The maximum Gasteiger partial charge on any atom is 0.244 e. The zero-order valence-electron chi connectivity index (χ0n) is 14.3. The Morgan fingerprint density at radius 2 is 1.76 bits per heavy atom. The number of thiazole rings is 1. The van der Waals surface area contributed by atoms with Gasteiger partial charge in [-0.1, -0.05) is 54.6 Å². The van der Waals surface area contributed by atoms with Crippen molar-refractivity contribution in [2.45, 2.75) is 19.9 Å². The molecule has 1 N–H and O–H groups in total. The third-order valence-electron chi connectivity index (χ3n) is 3.92. The molecule has 3 aromatic rings. The van der Waals surface area contributed by atoms with Crippen molar-refractivity contribution in [1.29, 1.82) is 0 Å². The minimum absolute atomic E-state index is 0.0563. The summed E-state index contributed by atoms with van der Waals surface area (Å²) in [5.74, 6) is -0.120. The SMILES string of the molecule is Cc1nc(/C=C\C(=O)N[C@@H](C)c2ccc(-c3ccccc3)cc2)cs1. The summed E-state index contributed by atoms with van der Waals surface area (Å²) in [6.45, 7) is 3.93. The lowest BCUT2D eigenvalue weighted by Gasteiger charge is -2.13. The van der Waals surface area contributed by atoms with E-state index in [9.17, 15) is 4.79 Å². The summed E-state index contributed by atoms with van der Waals surface area (Å²) < 4.78 is 0. The van der Waals surface area contributed by atoms with Gasteiger partial charge in [0.15, 0.2) is 0 Å². The second-order valence-corrected chi connectivity index (χ2v) is 6.91. The Bertz CT molecular complexity index is 866. The van der Waals surface area contributed by atoms with Crippen LogP contribution in [0.2, 0.25) is 0 Å². The monoisotopic (exact) mass is 348 g/mol. The fourth-order valence-electron chi connectivity index (χ4n) is 2.56. The van der Waals surface area contributed by atoms with E-state index in [1.54, 1.807) is 17.4 Å². The van der Waals surface area contributed by atoms with Crippen LogP contribution in [0.15, 0.2) is 66.1 Å². The molecule has 25 heavy (non-hydrogen) atoms. The van der Waals surface area contributed by atoms with Gasteiger partial charge in [0.2, 0.25) is 5.91 Å². The van der Waals surface area contributed by atoms with Crippen molar-refractivity contribution < 1.29 is 4.79 Å². The first-order valence-electron chi connectivity index (χ1n) is 8.18. The van der Waals surface area contributed by atoms with Crippen LogP contribution in [0.3, 0.4) is 0 Å². The number of hydrogen-bond donors (Lipinski definition) is 1. The summed E-state index contributed by atoms with van der Waals surface area (Å²) in [5, 5.41) is 5.91. The quantitative estimate of drug-likeness (QED) is 0.659. The number of aromatic nitrogens is 1. The van der Waals surface area contributed by atoms with Crippen molar-refractivity contribution >= 4 is 23.3 Å². The molecular formula is C21H20N2OS. The van der Waals surface area contributed by atoms with Crippen molar-refractivity contribution in [3.05, 3.63) is 82.3 Å². The summed E-state index contributed by atoms with van der Waals surface area (Å²) in [6, 6.07) is 18.5.